The van der Waals surface area contributed by atoms with Crippen LogP contribution in [0.4, 0.5) is 5.82 Å². The van der Waals surface area contributed by atoms with Gasteiger partial charge in [0.15, 0.2) is 0 Å². The maximum Gasteiger partial charge on any atom is 0.133 e. The molecule has 0 amide bonds. The molecule has 15 heavy (non-hydrogen) atoms. The van der Waals surface area contributed by atoms with Gasteiger partial charge in [0.25, 0.3) is 0 Å². The second-order valence-electron chi connectivity index (χ2n) is 3.57. The summed E-state index contributed by atoms with van der Waals surface area (Å²) in [5, 5.41) is 12.1. The number of hydrogen-bond donors (Lipinski definition) is 2. The maximum absolute atomic E-state index is 8.90. The van der Waals surface area contributed by atoms with Gasteiger partial charge in [0.1, 0.15) is 5.82 Å². The predicted octanol–water partition coefficient (Wildman–Crippen LogP) is 0.790. The lowest BCUT2D eigenvalue weighted by atomic mass is 10.1. The smallest absolute Gasteiger partial charge is 0.133 e. The molecule has 0 aliphatic heterocycles. The lowest BCUT2D eigenvalue weighted by molar-refractivity contribution is 0.303. The summed E-state index contributed by atoms with van der Waals surface area (Å²) in [6, 6.07) is 4.24. The number of aliphatic hydroxyl groups excluding tert-OH is 1. The van der Waals surface area contributed by atoms with Crippen LogP contribution in [0.5, 0.6) is 0 Å². The van der Waals surface area contributed by atoms with Crippen molar-refractivity contribution in [1.29, 1.82) is 0 Å². The van der Waals surface area contributed by atoms with Gasteiger partial charge in [0.2, 0.25) is 0 Å². The lowest BCUT2D eigenvalue weighted by Crippen LogP contribution is -2.25. The van der Waals surface area contributed by atoms with E-state index in [9.17, 15) is 0 Å². The summed E-state index contributed by atoms with van der Waals surface area (Å²) >= 11 is 0. The van der Waals surface area contributed by atoms with Gasteiger partial charge in [0, 0.05) is 31.4 Å². The van der Waals surface area contributed by atoms with Gasteiger partial charge in [0.05, 0.1) is 6.61 Å². The molecule has 0 aliphatic carbocycles. The molecule has 0 bridgehead atoms. The van der Waals surface area contributed by atoms with E-state index in [2.05, 4.69) is 23.3 Å². The summed E-state index contributed by atoms with van der Waals surface area (Å²) in [5.41, 5.74) is 1.15. The van der Waals surface area contributed by atoms with E-state index in [0.29, 0.717) is 6.54 Å². The second-order valence-corrected chi connectivity index (χ2v) is 3.57. The number of pyridine rings is 1. The Kier molecular flexibility index (Phi) is 4.52. The van der Waals surface area contributed by atoms with Crippen molar-refractivity contribution in [2.75, 3.05) is 32.1 Å². The Morgan fingerprint density at radius 1 is 1.60 bits per heavy atom. The minimum atomic E-state index is 0.139. The third-order valence-corrected chi connectivity index (χ3v) is 2.51. The molecule has 2 N–H and O–H groups in total. The van der Waals surface area contributed by atoms with Gasteiger partial charge in [-0.05, 0) is 20.0 Å². The Morgan fingerprint density at radius 3 is 2.93 bits per heavy atom. The van der Waals surface area contributed by atoms with Crippen LogP contribution in [0.25, 0.3) is 0 Å². The molecule has 0 fully saturated rings. The summed E-state index contributed by atoms with van der Waals surface area (Å²) in [7, 11) is 3.86. The van der Waals surface area contributed by atoms with Crippen molar-refractivity contribution in [3.8, 4) is 0 Å². The Bertz CT molecular complexity index is 304. The van der Waals surface area contributed by atoms with E-state index in [1.54, 1.807) is 6.20 Å². The molecule has 4 nitrogen and oxygen atoms in total. The molecule has 1 aromatic rings. The van der Waals surface area contributed by atoms with Crippen LogP contribution in [-0.2, 0) is 0 Å². The van der Waals surface area contributed by atoms with Crippen molar-refractivity contribution in [3.63, 3.8) is 0 Å². The van der Waals surface area contributed by atoms with Crippen molar-refractivity contribution >= 4 is 5.82 Å². The van der Waals surface area contributed by atoms with Crippen LogP contribution >= 0.6 is 0 Å². The number of anilines is 1. The largest absolute Gasteiger partial charge is 0.395 e. The van der Waals surface area contributed by atoms with Crippen molar-refractivity contribution in [1.82, 2.24) is 10.3 Å². The van der Waals surface area contributed by atoms with Gasteiger partial charge in [-0.25, -0.2) is 4.98 Å². The highest BCUT2D eigenvalue weighted by atomic mass is 16.3. The number of nitrogens with one attached hydrogen (secondary N) is 1. The molecular weight excluding hydrogens is 190 g/mol. The first-order valence-corrected chi connectivity index (χ1v) is 5.15. The molecule has 0 aromatic carbocycles. The van der Waals surface area contributed by atoms with E-state index in [4.69, 9.17) is 5.11 Å². The van der Waals surface area contributed by atoms with Crippen LogP contribution in [-0.4, -0.2) is 37.3 Å². The number of likely N-dealkylation sites (N-methyl/N-ethyl adjacent to an activating group) is 1. The molecule has 0 saturated carbocycles. The molecule has 0 radical (unpaired) electrons. The fraction of sp³-hybridized carbons (Fsp3) is 0.545. The summed E-state index contributed by atoms with van der Waals surface area (Å²) in [5.74, 6) is 0.924. The fourth-order valence-corrected chi connectivity index (χ4v) is 1.48. The molecule has 0 saturated heterocycles. The summed E-state index contributed by atoms with van der Waals surface area (Å²) in [6.07, 6.45) is 1.77. The Balaban J connectivity index is 2.95. The van der Waals surface area contributed by atoms with Crippen LogP contribution in [0.3, 0.4) is 0 Å². The quantitative estimate of drug-likeness (QED) is 0.753. The van der Waals surface area contributed by atoms with E-state index < -0.39 is 0 Å². The van der Waals surface area contributed by atoms with Crippen molar-refractivity contribution in [2.24, 2.45) is 0 Å². The number of aromatic nitrogens is 1. The minimum absolute atomic E-state index is 0.139. The van der Waals surface area contributed by atoms with Gasteiger partial charge in [-0.1, -0.05) is 6.07 Å². The third-order valence-electron chi connectivity index (χ3n) is 2.51. The highest BCUT2D eigenvalue weighted by Gasteiger charge is 2.12. The van der Waals surface area contributed by atoms with Crippen LogP contribution in [0.1, 0.15) is 18.5 Å². The molecule has 1 heterocycles. The van der Waals surface area contributed by atoms with E-state index in [0.717, 1.165) is 11.4 Å². The highest BCUT2D eigenvalue weighted by molar-refractivity contribution is 5.47. The van der Waals surface area contributed by atoms with Gasteiger partial charge >= 0.3 is 0 Å². The zero-order valence-electron chi connectivity index (χ0n) is 9.57. The molecule has 1 unspecified atom stereocenters. The third kappa shape index (κ3) is 2.91. The average Bonchev–Trinajstić information content (AvgIpc) is 2.28. The van der Waals surface area contributed by atoms with Crippen LogP contribution < -0.4 is 10.2 Å². The number of hydrogen-bond acceptors (Lipinski definition) is 4. The van der Waals surface area contributed by atoms with Crippen molar-refractivity contribution in [3.05, 3.63) is 23.9 Å². The topological polar surface area (TPSA) is 48.4 Å². The minimum Gasteiger partial charge on any atom is -0.395 e. The molecule has 84 valence electrons. The van der Waals surface area contributed by atoms with Gasteiger partial charge in [-0.3, -0.25) is 0 Å². The summed E-state index contributed by atoms with van der Waals surface area (Å²) < 4.78 is 0. The number of aliphatic hydroxyl groups is 1. The highest BCUT2D eigenvalue weighted by Crippen LogP contribution is 2.22. The molecule has 0 spiro atoms. The van der Waals surface area contributed by atoms with E-state index in [-0.39, 0.29) is 12.6 Å². The first-order chi connectivity index (χ1) is 7.20. The second kappa shape index (κ2) is 5.68. The van der Waals surface area contributed by atoms with Gasteiger partial charge in [-0.15, -0.1) is 0 Å². The van der Waals surface area contributed by atoms with Crippen LogP contribution in [0.15, 0.2) is 18.3 Å². The predicted molar refractivity (Wildman–Crippen MR) is 62.1 cm³/mol. The standard InChI is InChI=1S/C11H19N3O/c1-9(12-2)10-5-4-6-13-11(10)14(3)7-8-15/h4-6,9,12,15H,7-8H2,1-3H3. The summed E-state index contributed by atoms with van der Waals surface area (Å²) in [4.78, 5) is 6.30. The van der Waals surface area contributed by atoms with Crippen LogP contribution in [0.2, 0.25) is 0 Å². The van der Waals surface area contributed by atoms with E-state index >= 15 is 0 Å². The van der Waals surface area contributed by atoms with Crippen molar-refractivity contribution < 1.29 is 5.11 Å². The van der Waals surface area contributed by atoms with E-state index in [1.807, 2.05) is 25.1 Å². The normalized spacial score (nSPS) is 12.5. The lowest BCUT2D eigenvalue weighted by Gasteiger charge is -2.22. The number of nitrogens with zero attached hydrogens (tertiary/aromatic N) is 2. The van der Waals surface area contributed by atoms with Crippen LogP contribution in [0, 0.1) is 0 Å². The Hall–Kier alpha value is -1.13. The molecule has 0 aliphatic rings. The average molecular weight is 209 g/mol. The van der Waals surface area contributed by atoms with E-state index in [1.165, 1.54) is 0 Å². The Morgan fingerprint density at radius 2 is 2.33 bits per heavy atom. The molecule has 1 atom stereocenters. The molecular formula is C11H19N3O. The van der Waals surface area contributed by atoms with Gasteiger partial charge < -0.3 is 15.3 Å². The number of rotatable bonds is 5. The van der Waals surface area contributed by atoms with Gasteiger partial charge in [-0.2, -0.15) is 0 Å². The summed E-state index contributed by atoms with van der Waals surface area (Å²) in [6.45, 7) is 2.83. The fourth-order valence-electron chi connectivity index (χ4n) is 1.48. The molecule has 1 rings (SSSR count). The Labute approximate surface area is 90.9 Å². The van der Waals surface area contributed by atoms with Crippen molar-refractivity contribution in [2.45, 2.75) is 13.0 Å². The first kappa shape index (κ1) is 11.9. The zero-order valence-corrected chi connectivity index (χ0v) is 9.57. The first-order valence-electron chi connectivity index (χ1n) is 5.15. The SMILES string of the molecule is CNC(C)c1cccnc1N(C)CCO. The monoisotopic (exact) mass is 209 g/mol. The molecule has 1 aromatic heterocycles. The zero-order chi connectivity index (χ0) is 11.3. The maximum atomic E-state index is 8.90. The molecule has 4 heteroatoms.